The highest BCUT2D eigenvalue weighted by molar-refractivity contribution is 6.05. The number of para-hydroxylation sites is 1. The molecule has 1 N–H and O–H groups in total. The molecule has 0 atom stereocenters. The van der Waals surface area contributed by atoms with Crippen LogP contribution in [0, 0.1) is 6.92 Å². The van der Waals surface area contributed by atoms with Gasteiger partial charge in [0.05, 0.1) is 23.8 Å². The number of aromatic nitrogens is 2. The highest BCUT2D eigenvalue weighted by atomic mass is 16.5. The highest BCUT2D eigenvalue weighted by Gasteiger charge is 2.15. The molecular weight excluding hydrogens is 290 g/mol. The molecule has 23 heavy (non-hydrogen) atoms. The maximum absolute atomic E-state index is 12.6. The van der Waals surface area contributed by atoms with E-state index in [-0.39, 0.29) is 5.91 Å². The lowest BCUT2D eigenvalue weighted by atomic mass is 10.1. The molecule has 1 amide bonds. The topological polar surface area (TPSA) is 58.2 Å². The molecule has 5 nitrogen and oxygen atoms in total. The summed E-state index contributed by atoms with van der Waals surface area (Å²) < 4.78 is 5.75. The molecular formula is C18H19N3O2. The minimum absolute atomic E-state index is 0.0367. The van der Waals surface area contributed by atoms with Crippen LogP contribution in [-0.2, 0) is 0 Å². The summed E-state index contributed by atoms with van der Waals surface area (Å²) in [5.74, 6) is 0.815. The van der Waals surface area contributed by atoms with E-state index in [2.05, 4.69) is 10.2 Å². The van der Waals surface area contributed by atoms with Gasteiger partial charge in [-0.1, -0.05) is 24.3 Å². The van der Waals surface area contributed by atoms with Crippen molar-refractivity contribution in [2.45, 2.75) is 6.92 Å². The number of nitrogens with one attached hydrogen (secondary N) is 1. The van der Waals surface area contributed by atoms with Crippen molar-refractivity contribution >= 4 is 16.8 Å². The average Bonchev–Trinajstić information content (AvgIpc) is 3.04. The number of benzene rings is 2. The van der Waals surface area contributed by atoms with E-state index in [1.54, 1.807) is 18.1 Å². The van der Waals surface area contributed by atoms with Crippen LogP contribution in [0.3, 0.4) is 0 Å². The second-order valence-corrected chi connectivity index (χ2v) is 5.48. The number of rotatable bonds is 5. The molecule has 118 valence electrons. The first-order valence-electron chi connectivity index (χ1n) is 7.53. The normalized spacial score (nSPS) is 10.7. The lowest BCUT2D eigenvalue weighted by Gasteiger charge is -2.18. The molecule has 0 aliphatic carbocycles. The molecule has 2 aromatic carbocycles. The third-order valence-electron chi connectivity index (χ3n) is 3.84. The number of likely N-dealkylation sites (N-methyl/N-ethyl adjacent to an activating group) is 1. The summed E-state index contributed by atoms with van der Waals surface area (Å²) in [7, 11) is 1.78. The maximum Gasteiger partial charge on any atom is 0.254 e. The van der Waals surface area contributed by atoms with E-state index < -0.39 is 0 Å². The highest BCUT2D eigenvalue weighted by Crippen LogP contribution is 2.18. The van der Waals surface area contributed by atoms with E-state index in [1.165, 1.54) is 0 Å². The van der Waals surface area contributed by atoms with E-state index in [1.807, 2.05) is 49.4 Å². The predicted octanol–water partition coefficient (Wildman–Crippen LogP) is 3.02. The van der Waals surface area contributed by atoms with Crippen LogP contribution >= 0.6 is 0 Å². The van der Waals surface area contributed by atoms with Crippen LogP contribution in [-0.4, -0.2) is 41.2 Å². The Kier molecular flexibility index (Phi) is 4.28. The second-order valence-electron chi connectivity index (χ2n) is 5.48. The molecule has 0 saturated heterocycles. The summed E-state index contributed by atoms with van der Waals surface area (Å²) in [5.41, 5.74) is 2.60. The van der Waals surface area contributed by atoms with E-state index in [9.17, 15) is 4.79 Å². The van der Waals surface area contributed by atoms with Crippen molar-refractivity contribution < 1.29 is 9.53 Å². The monoisotopic (exact) mass is 309 g/mol. The molecule has 1 aromatic heterocycles. The lowest BCUT2D eigenvalue weighted by Crippen LogP contribution is -2.31. The van der Waals surface area contributed by atoms with Crippen molar-refractivity contribution in [3.63, 3.8) is 0 Å². The number of hydrogen-bond acceptors (Lipinski definition) is 3. The van der Waals surface area contributed by atoms with Gasteiger partial charge in [0.2, 0.25) is 0 Å². The summed E-state index contributed by atoms with van der Waals surface area (Å²) in [6.07, 6.45) is 1.68. The average molecular weight is 309 g/mol. The molecule has 0 bridgehead atoms. The Hall–Kier alpha value is -2.82. The Balaban J connectivity index is 1.64. The molecule has 0 saturated carbocycles. The molecule has 0 fully saturated rings. The van der Waals surface area contributed by atoms with Gasteiger partial charge in [0.1, 0.15) is 12.4 Å². The number of fused-ring (bicyclic) bond motifs is 1. The molecule has 0 spiro atoms. The first-order chi connectivity index (χ1) is 11.2. The van der Waals surface area contributed by atoms with Gasteiger partial charge < -0.3 is 9.64 Å². The number of carbonyl (C=O) groups excluding carboxylic acids is 1. The fourth-order valence-corrected chi connectivity index (χ4v) is 2.47. The summed E-state index contributed by atoms with van der Waals surface area (Å²) in [6.45, 7) is 2.97. The molecule has 0 aliphatic rings. The number of aryl methyl sites for hydroxylation is 1. The van der Waals surface area contributed by atoms with Crippen LogP contribution in [0.5, 0.6) is 5.75 Å². The fraction of sp³-hybridized carbons (Fsp3) is 0.222. The largest absolute Gasteiger partial charge is 0.491 e. The van der Waals surface area contributed by atoms with Crippen LogP contribution in [0.1, 0.15) is 15.9 Å². The summed E-state index contributed by atoms with van der Waals surface area (Å²) in [6, 6.07) is 13.4. The van der Waals surface area contributed by atoms with Gasteiger partial charge >= 0.3 is 0 Å². The maximum atomic E-state index is 12.6. The van der Waals surface area contributed by atoms with Crippen molar-refractivity contribution in [1.82, 2.24) is 15.1 Å². The summed E-state index contributed by atoms with van der Waals surface area (Å²) in [4.78, 5) is 14.3. The Morgan fingerprint density at radius 2 is 2.04 bits per heavy atom. The Bertz CT molecular complexity index is 826. The minimum atomic E-state index is -0.0367. The lowest BCUT2D eigenvalue weighted by molar-refractivity contribution is 0.0775. The number of nitrogens with zero attached hydrogens (tertiary/aromatic N) is 2. The van der Waals surface area contributed by atoms with Gasteiger partial charge in [-0.3, -0.25) is 9.89 Å². The molecule has 3 rings (SSSR count). The van der Waals surface area contributed by atoms with Crippen molar-refractivity contribution in [3.05, 3.63) is 59.8 Å². The molecule has 0 radical (unpaired) electrons. The molecule has 1 heterocycles. The Labute approximate surface area is 134 Å². The number of aromatic amines is 1. The number of amides is 1. The van der Waals surface area contributed by atoms with Crippen molar-refractivity contribution in [2.24, 2.45) is 0 Å². The summed E-state index contributed by atoms with van der Waals surface area (Å²) >= 11 is 0. The smallest absolute Gasteiger partial charge is 0.254 e. The molecule has 5 heteroatoms. The van der Waals surface area contributed by atoms with Crippen LogP contribution in [0.2, 0.25) is 0 Å². The van der Waals surface area contributed by atoms with E-state index in [0.717, 1.165) is 22.2 Å². The van der Waals surface area contributed by atoms with Crippen LogP contribution in [0.15, 0.2) is 48.7 Å². The zero-order chi connectivity index (χ0) is 16.2. The van der Waals surface area contributed by atoms with Crippen molar-refractivity contribution in [2.75, 3.05) is 20.2 Å². The van der Waals surface area contributed by atoms with Gasteiger partial charge in [-0.15, -0.1) is 0 Å². The van der Waals surface area contributed by atoms with Gasteiger partial charge in [0, 0.05) is 12.4 Å². The first kappa shape index (κ1) is 15.1. The van der Waals surface area contributed by atoms with Crippen molar-refractivity contribution in [3.8, 4) is 5.75 Å². The van der Waals surface area contributed by atoms with E-state index in [0.29, 0.717) is 18.7 Å². The molecule has 0 aliphatic heterocycles. The Morgan fingerprint density at radius 1 is 1.22 bits per heavy atom. The first-order valence-corrected chi connectivity index (χ1v) is 7.53. The SMILES string of the molecule is Cc1ccccc1OCCN(C)C(=O)c1cccc2[nH]ncc12. The summed E-state index contributed by atoms with van der Waals surface area (Å²) in [5, 5.41) is 7.71. The Morgan fingerprint density at radius 3 is 2.87 bits per heavy atom. The zero-order valence-corrected chi connectivity index (χ0v) is 13.2. The van der Waals surface area contributed by atoms with Crippen LogP contribution in [0.25, 0.3) is 10.9 Å². The van der Waals surface area contributed by atoms with Gasteiger partial charge in [-0.05, 0) is 30.7 Å². The quantitative estimate of drug-likeness (QED) is 0.788. The predicted molar refractivity (Wildman–Crippen MR) is 89.7 cm³/mol. The number of ether oxygens (including phenoxy) is 1. The van der Waals surface area contributed by atoms with E-state index >= 15 is 0 Å². The second kappa shape index (κ2) is 6.52. The molecule has 3 aromatic rings. The standard InChI is InChI=1S/C18H19N3O2/c1-13-6-3-4-9-17(13)23-11-10-21(2)18(22)14-7-5-8-16-15(14)12-19-20-16/h3-9,12H,10-11H2,1-2H3,(H,19,20). The van der Waals surface area contributed by atoms with Gasteiger partial charge in [0.15, 0.2) is 0 Å². The zero-order valence-electron chi connectivity index (χ0n) is 13.2. The fourth-order valence-electron chi connectivity index (χ4n) is 2.47. The number of H-pyrrole nitrogens is 1. The third kappa shape index (κ3) is 3.18. The molecule has 0 unspecified atom stereocenters. The van der Waals surface area contributed by atoms with E-state index in [4.69, 9.17) is 4.74 Å². The third-order valence-corrected chi connectivity index (χ3v) is 3.84. The number of carbonyl (C=O) groups is 1. The van der Waals surface area contributed by atoms with Crippen LogP contribution in [0.4, 0.5) is 0 Å². The van der Waals surface area contributed by atoms with Crippen LogP contribution < -0.4 is 4.74 Å². The number of hydrogen-bond donors (Lipinski definition) is 1. The minimum Gasteiger partial charge on any atom is -0.491 e. The van der Waals surface area contributed by atoms with Gasteiger partial charge in [-0.25, -0.2) is 0 Å². The van der Waals surface area contributed by atoms with Crippen molar-refractivity contribution in [1.29, 1.82) is 0 Å². The van der Waals surface area contributed by atoms with Gasteiger partial charge in [0.25, 0.3) is 5.91 Å². The van der Waals surface area contributed by atoms with Gasteiger partial charge in [-0.2, -0.15) is 5.10 Å².